The number of carbonyl (C=O) groups is 3. The molecule has 0 bridgehead atoms. The van der Waals surface area contributed by atoms with Crippen LogP contribution in [0.25, 0.3) is 0 Å². The zero-order chi connectivity index (χ0) is 19.5. The van der Waals surface area contributed by atoms with Gasteiger partial charge in [-0.3, -0.25) is 25.2 Å². The maximum absolute atomic E-state index is 12.0. The van der Waals surface area contributed by atoms with Gasteiger partial charge >= 0.3 is 0 Å². The first-order chi connectivity index (χ1) is 12.3. The number of nitrogens with one attached hydrogen (secondary N) is 3. The number of carbonyl (C=O) groups excluding carboxylic acids is 3. The zero-order valence-corrected chi connectivity index (χ0v) is 16.1. The minimum Gasteiger partial charge on any atom is -0.484 e. The van der Waals surface area contributed by atoms with E-state index in [0.29, 0.717) is 23.9 Å². The SMILES string of the molecule is CCN(CC)C(=O)C[NH+](C)CC(=O)NNC(=O)COc1ccc(Cl)cc1. The summed E-state index contributed by atoms with van der Waals surface area (Å²) in [6, 6.07) is 6.57. The van der Waals surface area contributed by atoms with E-state index in [1.807, 2.05) is 13.8 Å². The topological polar surface area (TPSA) is 92.2 Å². The van der Waals surface area contributed by atoms with Gasteiger partial charge in [0.1, 0.15) is 5.75 Å². The monoisotopic (exact) mass is 385 g/mol. The van der Waals surface area contributed by atoms with E-state index >= 15 is 0 Å². The third-order valence-electron chi connectivity index (χ3n) is 3.56. The average molecular weight is 386 g/mol. The second-order valence-corrected chi connectivity index (χ2v) is 6.15. The summed E-state index contributed by atoms with van der Waals surface area (Å²) >= 11 is 5.76. The van der Waals surface area contributed by atoms with Crippen molar-refractivity contribution in [3.63, 3.8) is 0 Å². The van der Waals surface area contributed by atoms with Crippen molar-refractivity contribution in [3.05, 3.63) is 29.3 Å². The highest BCUT2D eigenvalue weighted by molar-refractivity contribution is 6.30. The molecule has 3 N–H and O–H groups in total. The first-order valence-corrected chi connectivity index (χ1v) is 8.78. The first-order valence-electron chi connectivity index (χ1n) is 8.40. The predicted molar refractivity (Wildman–Crippen MR) is 97.8 cm³/mol. The Morgan fingerprint density at radius 2 is 1.62 bits per heavy atom. The number of halogens is 1. The molecule has 1 aromatic carbocycles. The number of ether oxygens (including phenoxy) is 1. The fourth-order valence-electron chi connectivity index (χ4n) is 2.18. The molecule has 1 rings (SSSR count). The molecule has 8 nitrogen and oxygen atoms in total. The van der Waals surface area contributed by atoms with Crippen LogP contribution in [0.4, 0.5) is 0 Å². The average Bonchev–Trinajstić information content (AvgIpc) is 2.60. The largest absolute Gasteiger partial charge is 0.484 e. The highest BCUT2D eigenvalue weighted by Gasteiger charge is 2.18. The van der Waals surface area contributed by atoms with Gasteiger partial charge in [0, 0.05) is 18.1 Å². The van der Waals surface area contributed by atoms with E-state index in [4.69, 9.17) is 16.3 Å². The van der Waals surface area contributed by atoms with Gasteiger partial charge < -0.3 is 14.5 Å². The Hall–Kier alpha value is -2.32. The van der Waals surface area contributed by atoms with Gasteiger partial charge in [-0.05, 0) is 38.1 Å². The van der Waals surface area contributed by atoms with E-state index < -0.39 is 11.8 Å². The minimum absolute atomic E-state index is 0.0132. The van der Waals surface area contributed by atoms with Crippen LogP contribution >= 0.6 is 11.6 Å². The number of hydrogen-bond donors (Lipinski definition) is 3. The molecular weight excluding hydrogens is 360 g/mol. The molecule has 0 spiro atoms. The van der Waals surface area contributed by atoms with Crippen LogP contribution in [0.5, 0.6) is 5.75 Å². The first kappa shape index (κ1) is 21.7. The molecule has 0 saturated carbocycles. The summed E-state index contributed by atoms with van der Waals surface area (Å²) in [5, 5.41) is 0.570. The lowest BCUT2D eigenvalue weighted by molar-refractivity contribution is -0.863. The zero-order valence-electron chi connectivity index (χ0n) is 15.3. The van der Waals surface area contributed by atoms with Gasteiger partial charge in [-0.2, -0.15) is 0 Å². The van der Waals surface area contributed by atoms with Gasteiger partial charge in [0.25, 0.3) is 17.7 Å². The molecule has 1 atom stereocenters. The molecule has 0 aromatic heterocycles. The summed E-state index contributed by atoms with van der Waals surface area (Å²) in [4.78, 5) is 37.9. The fraction of sp³-hybridized carbons (Fsp3) is 0.471. The number of amides is 3. The molecule has 0 radical (unpaired) electrons. The van der Waals surface area contributed by atoms with Crippen LogP contribution in [0.2, 0.25) is 5.02 Å². The van der Waals surface area contributed by atoms with Crippen molar-refractivity contribution in [2.24, 2.45) is 0 Å². The van der Waals surface area contributed by atoms with Crippen molar-refractivity contribution >= 4 is 29.3 Å². The number of hydrazine groups is 1. The summed E-state index contributed by atoms with van der Waals surface area (Å²) in [5.41, 5.74) is 4.57. The third kappa shape index (κ3) is 8.17. The van der Waals surface area contributed by atoms with Gasteiger partial charge in [0.15, 0.2) is 19.7 Å². The van der Waals surface area contributed by atoms with Crippen molar-refractivity contribution in [2.45, 2.75) is 13.8 Å². The van der Waals surface area contributed by atoms with E-state index in [0.717, 1.165) is 4.90 Å². The van der Waals surface area contributed by atoms with E-state index in [9.17, 15) is 14.4 Å². The Kier molecular flexibility index (Phi) is 9.46. The van der Waals surface area contributed by atoms with Gasteiger partial charge in [-0.25, -0.2) is 0 Å². The number of hydrogen-bond acceptors (Lipinski definition) is 4. The quantitative estimate of drug-likeness (QED) is 0.488. The Morgan fingerprint density at radius 1 is 1.04 bits per heavy atom. The second-order valence-electron chi connectivity index (χ2n) is 5.72. The smallest absolute Gasteiger partial charge is 0.293 e. The number of likely N-dealkylation sites (N-methyl/N-ethyl adjacent to an activating group) is 2. The standard InChI is InChI=1S/C17H25ClN4O4/c1-4-22(5-2)17(25)11-21(3)10-15(23)19-20-16(24)12-26-14-8-6-13(18)7-9-14/h6-9H,4-5,10-12H2,1-3H3,(H,19,23)(H,20,24)/p+1. The van der Waals surface area contributed by atoms with Crippen LogP contribution < -0.4 is 20.5 Å². The number of benzene rings is 1. The van der Waals surface area contributed by atoms with Gasteiger partial charge in [-0.15, -0.1) is 0 Å². The minimum atomic E-state index is -0.495. The fourth-order valence-corrected chi connectivity index (χ4v) is 2.31. The molecule has 26 heavy (non-hydrogen) atoms. The van der Waals surface area contributed by atoms with E-state index in [2.05, 4.69) is 10.9 Å². The molecule has 9 heteroatoms. The lowest BCUT2D eigenvalue weighted by Gasteiger charge is -2.20. The van der Waals surface area contributed by atoms with E-state index in [1.54, 1.807) is 36.2 Å². The maximum atomic E-state index is 12.0. The van der Waals surface area contributed by atoms with Crippen LogP contribution in [0.15, 0.2) is 24.3 Å². The molecule has 0 aliphatic carbocycles. The third-order valence-corrected chi connectivity index (χ3v) is 3.81. The summed E-state index contributed by atoms with van der Waals surface area (Å²) in [5.74, 6) is -0.407. The molecule has 0 heterocycles. The van der Waals surface area contributed by atoms with Crippen LogP contribution in [0.3, 0.4) is 0 Å². The van der Waals surface area contributed by atoms with Gasteiger partial charge in [0.2, 0.25) is 0 Å². The normalized spacial score (nSPS) is 11.4. The molecule has 1 aromatic rings. The van der Waals surface area contributed by atoms with Crippen LogP contribution in [-0.4, -0.2) is 62.5 Å². The van der Waals surface area contributed by atoms with Gasteiger partial charge in [-0.1, -0.05) is 11.6 Å². The molecule has 0 aliphatic rings. The number of rotatable bonds is 9. The molecule has 3 amide bonds. The summed E-state index contributed by atoms with van der Waals surface area (Å²) in [6.45, 7) is 5.12. The molecular formula is C17H26ClN4O4+. The Labute approximate surface area is 158 Å². The van der Waals surface area contributed by atoms with Crippen molar-refractivity contribution in [1.82, 2.24) is 15.8 Å². The van der Waals surface area contributed by atoms with Crippen molar-refractivity contribution in [2.75, 3.05) is 39.8 Å². The Morgan fingerprint density at radius 3 is 2.19 bits per heavy atom. The highest BCUT2D eigenvalue weighted by atomic mass is 35.5. The lowest BCUT2D eigenvalue weighted by atomic mass is 10.3. The second kappa shape index (κ2) is 11.3. The number of nitrogens with zero attached hydrogens (tertiary/aromatic N) is 1. The Balaban J connectivity index is 2.26. The van der Waals surface area contributed by atoms with Crippen LogP contribution in [0.1, 0.15) is 13.8 Å². The van der Waals surface area contributed by atoms with E-state index in [-0.39, 0.29) is 25.6 Å². The Bertz CT molecular complexity index is 605. The van der Waals surface area contributed by atoms with Gasteiger partial charge in [0.05, 0.1) is 7.05 Å². The molecule has 1 unspecified atom stereocenters. The van der Waals surface area contributed by atoms with E-state index in [1.165, 1.54) is 0 Å². The van der Waals surface area contributed by atoms with Crippen LogP contribution in [-0.2, 0) is 14.4 Å². The van der Waals surface area contributed by atoms with Crippen LogP contribution in [0, 0.1) is 0 Å². The molecule has 0 aliphatic heterocycles. The highest BCUT2D eigenvalue weighted by Crippen LogP contribution is 2.15. The molecule has 144 valence electrons. The number of quaternary nitrogens is 1. The van der Waals surface area contributed by atoms with Crippen molar-refractivity contribution in [1.29, 1.82) is 0 Å². The maximum Gasteiger partial charge on any atom is 0.293 e. The summed E-state index contributed by atoms with van der Waals surface area (Å²) in [7, 11) is 1.74. The lowest BCUT2D eigenvalue weighted by Crippen LogP contribution is -3.11. The molecule has 0 fully saturated rings. The van der Waals surface area contributed by atoms with Crippen molar-refractivity contribution in [3.8, 4) is 5.75 Å². The molecule has 0 saturated heterocycles. The van der Waals surface area contributed by atoms with Crippen molar-refractivity contribution < 1.29 is 24.0 Å². The summed E-state index contributed by atoms with van der Waals surface area (Å²) < 4.78 is 5.26. The predicted octanol–water partition coefficient (Wildman–Crippen LogP) is -0.751. The summed E-state index contributed by atoms with van der Waals surface area (Å²) in [6.07, 6.45) is 0.